The van der Waals surface area contributed by atoms with E-state index in [0.29, 0.717) is 6.42 Å². The van der Waals surface area contributed by atoms with Gasteiger partial charge in [0, 0.05) is 17.4 Å². The fourth-order valence-electron chi connectivity index (χ4n) is 1.85. The minimum Gasteiger partial charge on any atom is -0.490 e. The van der Waals surface area contributed by atoms with Gasteiger partial charge in [0.15, 0.2) is 5.75 Å². The Kier molecular flexibility index (Phi) is 5.05. The highest BCUT2D eigenvalue weighted by Gasteiger charge is 2.19. The third-order valence-corrected chi connectivity index (χ3v) is 4.01. The highest BCUT2D eigenvalue weighted by atomic mass is 32.1. The summed E-state index contributed by atoms with van der Waals surface area (Å²) in [4.78, 5) is 27.4. The van der Waals surface area contributed by atoms with E-state index in [9.17, 15) is 14.9 Å². The number of carbonyl (C=O) groups excluding carboxylic acids is 1. The predicted octanol–water partition coefficient (Wildman–Crippen LogP) is 2.77. The first kappa shape index (κ1) is 15.9. The van der Waals surface area contributed by atoms with Crippen molar-refractivity contribution in [3.8, 4) is 5.75 Å². The van der Waals surface area contributed by atoms with Crippen LogP contribution in [0.15, 0.2) is 23.7 Å². The molecule has 2 rings (SSSR count). The summed E-state index contributed by atoms with van der Waals surface area (Å²) >= 11 is 1.50. The minimum atomic E-state index is -0.604. The molecule has 116 valence electrons. The van der Waals surface area contributed by atoms with Crippen molar-refractivity contribution in [2.75, 3.05) is 13.7 Å². The van der Waals surface area contributed by atoms with E-state index in [-0.39, 0.29) is 23.6 Å². The van der Waals surface area contributed by atoms with Crippen LogP contribution in [0.3, 0.4) is 0 Å². The van der Waals surface area contributed by atoms with Crippen molar-refractivity contribution in [2.45, 2.75) is 13.3 Å². The molecule has 0 saturated heterocycles. The van der Waals surface area contributed by atoms with Gasteiger partial charge in [0.05, 0.1) is 35.4 Å². The summed E-state index contributed by atoms with van der Waals surface area (Å²) in [5.41, 5.74) is 2.50. The maximum absolute atomic E-state index is 11.9. The number of benzene rings is 1. The van der Waals surface area contributed by atoms with Crippen molar-refractivity contribution in [2.24, 2.45) is 0 Å². The zero-order valence-electron chi connectivity index (χ0n) is 12.1. The Morgan fingerprint density at radius 3 is 2.82 bits per heavy atom. The van der Waals surface area contributed by atoms with Gasteiger partial charge in [-0.25, -0.2) is 9.78 Å². The summed E-state index contributed by atoms with van der Waals surface area (Å²) in [6, 6.07) is 3.97. The first-order chi connectivity index (χ1) is 10.5. The Labute approximate surface area is 130 Å². The smallest absolute Gasteiger partial charge is 0.338 e. The van der Waals surface area contributed by atoms with Crippen LogP contribution >= 0.6 is 11.3 Å². The number of thiazole rings is 1. The first-order valence-electron chi connectivity index (χ1n) is 6.41. The number of hydrogen-bond acceptors (Lipinski definition) is 7. The Morgan fingerprint density at radius 1 is 1.45 bits per heavy atom. The van der Waals surface area contributed by atoms with Gasteiger partial charge in [-0.3, -0.25) is 10.1 Å². The average Bonchev–Trinajstić information content (AvgIpc) is 2.91. The van der Waals surface area contributed by atoms with Crippen LogP contribution in [0, 0.1) is 17.0 Å². The quantitative estimate of drug-likeness (QED) is 0.461. The molecule has 7 nitrogen and oxygen atoms in total. The normalized spacial score (nSPS) is 10.3. The average molecular weight is 322 g/mol. The molecule has 2 aromatic rings. The van der Waals surface area contributed by atoms with Crippen LogP contribution in [0.1, 0.15) is 20.9 Å². The standard InChI is InChI=1S/C14H14N2O5S/c1-9-13(22-8-15-9)5-6-21-14(17)10-3-4-12(20-2)11(7-10)16(18)19/h3-4,7-8H,5-6H2,1-2H3. The lowest BCUT2D eigenvalue weighted by molar-refractivity contribution is -0.385. The number of ether oxygens (including phenoxy) is 2. The van der Waals surface area contributed by atoms with Crippen molar-refractivity contribution in [3.05, 3.63) is 50.0 Å². The topological polar surface area (TPSA) is 91.6 Å². The molecule has 0 N–H and O–H groups in total. The molecule has 0 aliphatic heterocycles. The minimum absolute atomic E-state index is 0.0989. The monoisotopic (exact) mass is 322 g/mol. The molecule has 0 saturated carbocycles. The van der Waals surface area contributed by atoms with Crippen LogP contribution in [0.2, 0.25) is 0 Å². The van der Waals surface area contributed by atoms with Gasteiger partial charge < -0.3 is 9.47 Å². The van der Waals surface area contributed by atoms with Crippen LogP contribution in [-0.4, -0.2) is 29.6 Å². The van der Waals surface area contributed by atoms with Crippen LogP contribution in [0.4, 0.5) is 5.69 Å². The molecule has 0 fully saturated rings. The zero-order chi connectivity index (χ0) is 16.1. The summed E-state index contributed by atoms with van der Waals surface area (Å²) in [7, 11) is 1.33. The number of methoxy groups -OCH3 is 1. The number of carbonyl (C=O) groups is 1. The third kappa shape index (κ3) is 3.59. The lowest BCUT2D eigenvalue weighted by atomic mass is 10.2. The SMILES string of the molecule is COc1ccc(C(=O)OCCc2scnc2C)cc1[N+](=O)[O-]. The van der Waals surface area contributed by atoms with Gasteiger partial charge in [-0.15, -0.1) is 11.3 Å². The van der Waals surface area contributed by atoms with E-state index in [1.54, 1.807) is 5.51 Å². The van der Waals surface area contributed by atoms with E-state index < -0.39 is 10.9 Å². The Morgan fingerprint density at radius 2 is 2.23 bits per heavy atom. The summed E-state index contributed by atoms with van der Waals surface area (Å²) in [6.07, 6.45) is 0.570. The second-order valence-electron chi connectivity index (χ2n) is 4.39. The molecular formula is C14H14N2O5S. The van der Waals surface area contributed by atoms with Gasteiger partial charge in [0.2, 0.25) is 0 Å². The summed E-state index contributed by atoms with van der Waals surface area (Å²) < 4.78 is 10.0. The van der Waals surface area contributed by atoms with E-state index >= 15 is 0 Å². The van der Waals surface area contributed by atoms with Gasteiger partial charge in [0.25, 0.3) is 0 Å². The molecule has 0 atom stereocenters. The Balaban J connectivity index is 2.02. The first-order valence-corrected chi connectivity index (χ1v) is 7.29. The molecule has 0 unspecified atom stereocenters. The highest BCUT2D eigenvalue weighted by molar-refractivity contribution is 7.09. The molecule has 8 heteroatoms. The van der Waals surface area contributed by atoms with Gasteiger partial charge in [-0.2, -0.15) is 0 Å². The van der Waals surface area contributed by atoms with Crippen LogP contribution in [0.5, 0.6) is 5.75 Å². The molecule has 0 aliphatic carbocycles. The van der Waals surface area contributed by atoms with E-state index in [1.165, 1.54) is 30.6 Å². The fourth-order valence-corrected chi connectivity index (χ4v) is 2.61. The maximum atomic E-state index is 11.9. The van der Waals surface area contributed by atoms with E-state index in [0.717, 1.165) is 16.6 Å². The Hall–Kier alpha value is -2.48. The largest absolute Gasteiger partial charge is 0.490 e. The molecule has 1 aromatic heterocycles. The zero-order valence-corrected chi connectivity index (χ0v) is 12.9. The third-order valence-electron chi connectivity index (χ3n) is 3.02. The summed E-state index contributed by atoms with van der Waals surface area (Å²) in [5, 5.41) is 10.9. The van der Waals surface area contributed by atoms with Gasteiger partial charge >= 0.3 is 11.7 Å². The van der Waals surface area contributed by atoms with Gasteiger partial charge in [0.1, 0.15) is 0 Å². The molecule has 1 heterocycles. The van der Waals surface area contributed by atoms with E-state index in [4.69, 9.17) is 9.47 Å². The van der Waals surface area contributed by atoms with Crippen molar-refractivity contribution in [1.82, 2.24) is 4.98 Å². The Bertz CT molecular complexity index is 698. The lowest BCUT2D eigenvalue weighted by Gasteiger charge is -2.06. The second kappa shape index (κ2) is 6.99. The summed E-state index contributed by atoms with van der Waals surface area (Å²) in [5.74, 6) is -0.505. The van der Waals surface area contributed by atoms with Crippen molar-refractivity contribution in [3.63, 3.8) is 0 Å². The van der Waals surface area contributed by atoms with E-state index in [2.05, 4.69) is 4.98 Å². The molecule has 1 aromatic carbocycles. The number of nitrogens with zero attached hydrogens (tertiary/aromatic N) is 2. The van der Waals surface area contributed by atoms with Gasteiger partial charge in [-0.1, -0.05) is 0 Å². The molecule has 22 heavy (non-hydrogen) atoms. The highest BCUT2D eigenvalue weighted by Crippen LogP contribution is 2.27. The molecule has 0 radical (unpaired) electrons. The van der Waals surface area contributed by atoms with E-state index in [1.807, 2.05) is 6.92 Å². The predicted molar refractivity (Wildman–Crippen MR) is 80.5 cm³/mol. The van der Waals surface area contributed by atoms with Crippen molar-refractivity contribution < 1.29 is 19.2 Å². The number of nitro groups is 1. The fraction of sp³-hybridized carbons (Fsp3) is 0.286. The number of nitro benzene ring substituents is 1. The number of esters is 1. The number of aryl methyl sites for hydroxylation is 1. The van der Waals surface area contributed by atoms with Crippen LogP contribution in [0.25, 0.3) is 0 Å². The van der Waals surface area contributed by atoms with Crippen LogP contribution in [-0.2, 0) is 11.2 Å². The van der Waals surface area contributed by atoms with Crippen molar-refractivity contribution >= 4 is 23.0 Å². The number of hydrogen-bond donors (Lipinski definition) is 0. The van der Waals surface area contributed by atoms with Gasteiger partial charge in [-0.05, 0) is 19.1 Å². The molecule has 0 spiro atoms. The molecule has 0 bridgehead atoms. The molecule has 0 amide bonds. The molecule has 0 aliphatic rings. The summed E-state index contributed by atoms with van der Waals surface area (Å²) in [6.45, 7) is 2.09. The lowest BCUT2D eigenvalue weighted by Crippen LogP contribution is -2.09. The van der Waals surface area contributed by atoms with Crippen LogP contribution < -0.4 is 4.74 Å². The number of rotatable bonds is 6. The second-order valence-corrected chi connectivity index (χ2v) is 5.33. The van der Waals surface area contributed by atoms with Crippen molar-refractivity contribution in [1.29, 1.82) is 0 Å². The molecular weight excluding hydrogens is 308 g/mol. The number of aromatic nitrogens is 1. The maximum Gasteiger partial charge on any atom is 0.338 e.